The van der Waals surface area contributed by atoms with Gasteiger partial charge in [0, 0.05) is 38.9 Å². The standard InChI is InChI=1S/C19H17ClN2.C2H6/c1-11(2)17-9-14-7-16(20)15(10-19(14)22-17)13-4-3-12-5-6-21-18(12)8-13;1-2/h3-11,21-22H,1-2H3;1-2H3. The number of hydrogen-bond acceptors (Lipinski definition) is 0. The summed E-state index contributed by atoms with van der Waals surface area (Å²) in [6, 6.07) is 14.8. The highest BCUT2D eigenvalue weighted by atomic mass is 35.5. The zero-order valence-corrected chi connectivity index (χ0v) is 15.3. The van der Waals surface area contributed by atoms with E-state index in [2.05, 4.69) is 60.2 Å². The highest BCUT2D eigenvalue weighted by Crippen LogP contribution is 2.34. The van der Waals surface area contributed by atoms with Gasteiger partial charge in [0.15, 0.2) is 0 Å². The van der Waals surface area contributed by atoms with Crippen LogP contribution in [0, 0.1) is 0 Å². The molecule has 0 atom stereocenters. The summed E-state index contributed by atoms with van der Waals surface area (Å²) < 4.78 is 0. The van der Waals surface area contributed by atoms with Crippen molar-refractivity contribution in [2.45, 2.75) is 33.6 Å². The molecule has 2 aromatic heterocycles. The van der Waals surface area contributed by atoms with Crippen LogP contribution in [-0.4, -0.2) is 9.97 Å². The molecule has 0 amide bonds. The summed E-state index contributed by atoms with van der Waals surface area (Å²) in [6.07, 6.45) is 1.96. The lowest BCUT2D eigenvalue weighted by Gasteiger charge is -2.06. The molecule has 0 spiro atoms. The van der Waals surface area contributed by atoms with E-state index in [4.69, 9.17) is 11.6 Å². The fourth-order valence-corrected chi connectivity index (χ4v) is 3.20. The number of halogens is 1. The van der Waals surface area contributed by atoms with Gasteiger partial charge in [0.25, 0.3) is 0 Å². The lowest BCUT2D eigenvalue weighted by atomic mass is 10.0. The molecular weight excluding hydrogens is 316 g/mol. The summed E-state index contributed by atoms with van der Waals surface area (Å²) in [7, 11) is 0. The van der Waals surface area contributed by atoms with Gasteiger partial charge >= 0.3 is 0 Å². The number of H-pyrrole nitrogens is 2. The van der Waals surface area contributed by atoms with E-state index in [0.29, 0.717) is 5.92 Å². The predicted octanol–water partition coefficient (Wildman–Crippen LogP) is 7.12. The second kappa shape index (κ2) is 6.74. The third kappa shape index (κ3) is 2.94. The maximum absolute atomic E-state index is 6.53. The second-order valence-corrected chi connectivity index (χ2v) is 6.49. The molecule has 0 aliphatic rings. The van der Waals surface area contributed by atoms with Gasteiger partial charge in [0.05, 0.1) is 0 Å². The zero-order chi connectivity index (χ0) is 17.3. The fraction of sp³-hybridized carbons (Fsp3) is 0.238. The van der Waals surface area contributed by atoms with Gasteiger partial charge in [-0.05, 0) is 47.2 Å². The Morgan fingerprint density at radius 2 is 1.67 bits per heavy atom. The van der Waals surface area contributed by atoms with Crippen LogP contribution in [0.1, 0.15) is 39.3 Å². The Morgan fingerprint density at radius 3 is 2.42 bits per heavy atom. The lowest BCUT2D eigenvalue weighted by Crippen LogP contribution is -1.85. The van der Waals surface area contributed by atoms with Crippen LogP contribution in [0.3, 0.4) is 0 Å². The van der Waals surface area contributed by atoms with Crippen LogP contribution in [0.2, 0.25) is 5.02 Å². The summed E-state index contributed by atoms with van der Waals surface area (Å²) in [5.41, 5.74) is 5.69. The minimum Gasteiger partial charge on any atom is -0.361 e. The Morgan fingerprint density at radius 1 is 0.875 bits per heavy atom. The smallest absolute Gasteiger partial charge is 0.0491 e. The Balaban J connectivity index is 0.000000815. The molecular formula is C21H23ClN2. The van der Waals surface area contributed by atoms with Crippen molar-refractivity contribution in [1.82, 2.24) is 9.97 Å². The first-order chi connectivity index (χ1) is 11.6. The predicted molar refractivity (Wildman–Crippen MR) is 106 cm³/mol. The molecule has 0 unspecified atom stereocenters. The maximum atomic E-state index is 6.53. The van der Waals surface area contributed by atoms with Crippen molar-refractivity contribution in [2.75, 3.05) is 0 Å². The van der Waals surface area contributed by atoms with E-state index in [0.717, 1.165) is 27.2 Å². The van der Waals surface area contributed by atoms with Crippen molar-refractivity contribution in [3.8, 4) is 11.1 Å². The van der Waals surface area contributed by atoms with Crippen molar-refractivity contribution in [2.24, 2.45) is 0 Å². The fourth-order valence-electron chi connectivity index (χ4n) is 2.92. The molecule has 2 heterocycles. The van der Waals surface area contributed by atoms with Gasteiger partial charge in [0.2, 0.25) is 0 Å². The van der Waals surface area contributed by atoms with E-state index in [-0.39, 0.29) is 0 Å². The van der Waals surface area contributed by atoms with Gasteiger partial charge in [-0.1, -0.05) is 51.4 Å². The summed E-state index contributed by atoms with van der Waals surface area (Å²) in [5, 5.41) is 3.16. The summed E-state index contributed by atoms with van der Waals surface area (Å²) in [6.45, 7) is 8.37. The van der Waals surface area contributed by atoms with Crippen molar-refractivity contribution in [1.29, 1.82) is 0 Å². The number of benzene rings is 2. The minimum absolute atomic E-state index is 0.477. The molecule has 0 saturated carbocycles. The third-order valence-corrected chi connectivity index (χ3v) is 4.53. The molecule has 2 N–H and O–H groups in total. The molecule has 4 rings (SSSR count). The Kier molecular flexibility index (Phi) is 4.68. The quantitative estimate of drug-likeness (QED) is 0.390. The van der Waals surface area contributed by atoms with Gasteiger partial charge in [-0.2, -0.15) is 0 Å². The zero-order valence-electron chi connectivity index (χ0n) is 14.6. The van der Waals surface area contributed by atoms with Gasteiger partial charge in [-0.15, -0.1) is 0 Å². The summed E-state index contributed by atoms with van der Waals surface area (Å²) >= 11 is 6.53. The normalized spacial score (nSPS) is 11.1. The molecule has 0 radical (unpaired) electrons. The second-order valence-electron chi connectivity index (χ2n) is 6.08. The number of nitrogens with one attached hydrogen (secondary N) is 2. The van der Waals surface area contributed by atoms with Crippen LogP contribution >= 0.6 is 11.6 Å². The average molecular weight is 339 g/mol. The van der Waals surface area contributed by atoms with E-state index in [9.17, 15) is 0 Å². The van der Waals surface area contributed by atoms with E-state index in [1.54, 1.807) is 0 Å². The molecule has 0 saturated heterocycles. The molecule has 124 valence electrons. The highest BCUT2D eigenvalue weighted by molar-refractivity contribution is 6.34. The van der Waals surface area contributed by atoms with E-state index >= 15 is 0 Å². The van der Waals surface area contributed by atoms with E-state index < -0.39 is 0 Å². The van der Waals surface area contributed by atoms with Crippen LogP contribution in [-0.2, 0) is 0 Å². The third-order valence-electron chi connectivity index (χ3n) is 4.22. The van der Waals surface area contributed by atoms with Crippen LogP contribution in [0.15, 0.2) is 48.7 Å². The van der Waals surface area contributed by atoms with Crippen LogP contribution in [0.25, 0.3) is 32.9 Å². The average Bonchev–Trinajstić information content (AvgIpc) is 3.21. The maximum Gasteiger partial charge on any atom is 0.0491 e. The Hall–Kier alpha value is -2.19. The number of aromatic nitrogens is 2. The number of aromatic amines is 2. The van der Waals surface area contributed by atoms with Gasteiger partial charge < -0.3 is 9.97 Å². The van der Waals surface area contributed by atoms with Crippen LogP contribution < -0.4 is 0 Å². The minimum atomic E-state index is 0.477. The highest BCUT2D eigenvalue weighted by Gasteiger charge is 2.10. The number of hydrogen-bond donors (Lipinski definition) is 2. The first-order valence-corrected chi connectivity index (χ1v) is 8.89. The van der Waals surface area contributed by atoms with Gasteiger partial charge in [-0.25, -0.2) is 0 Å². The number of rotatable bonds is 2. The molecule has 0 bridgehead atoms. The Labute approximate surface area is 147 Å². The van der Waals surface area contributed by atoms with Crippen molar-refractivity contribution in [3.05, 3.63) is 59.4 Å². The van der Waals surface area contributed by atoms with Crippen molar-refractivity contribution < 1.29 is 0 Å². The van der Waals surface area contributed by atoms with Gasteiger partial charge in [0.1, 0.15) is 0 Å². The molecule has 2 aromatic carbocycles. The van der Waals surface area contributed by atoms with E-state index in [1.165, 1.54) is 16.5 Å². The largest absolute Gasteiger partial charge is 0.361 e. The first kappa shape index (κ1) is 16.7. The molecule has 2 nitrogen and oxygen atoms in total. The number of fused-ring (bicyclic) bond motifs is 2. The van der Waals surface area contributed by atoms with E-state index in [1.807, 2.05) is 26.1 Å². The molecule has 0 fully saturated rings. The molecule has 3 heteroatoms. The van der Waals surface area contributed by atoms with Crippen molar-refractivity contribution in [3.63, 3.8) is 0 Å². The molecule has 4 aromatic rings. The molecule has 0 aliphatic heterocycles. The van der Waals surface area contributed by atoms with Gasteiger partial charge in [-0.3, -0.25) is 0 Å². The monoisotopic (exact) mass is 338 g/mol. The van der Waals surface area contributed by atoms with Crippen molar-refractivity contribution >= 4 is 33.4 Å². The lowest BCUT2D eigenvalue weighted by molar-refractivity contribution is 0.836. The SMILES string of the molecule is CC.CC(C)c1cc2cc(Cl)c(-c3ccc4cc[nH]c4c3)cc2[nH]1. The molecule has 24 heavy (non-hydrogen) atoms. The Bertz CT molecular complexity index is 976. The summed E-state index contributed by atoms with van der Waals surface area (Å²) in [5.74, 6) is 0.477. The molecule has 0 aliphatic carbocycles. The topological polar surface area (TPSA) is 31.6 Å². The van der Waals surface area contributed by atoms with Crippen LogP contribution in [0.4, 0.5) is 0 Å². The first-order valence-electron chi connectivity index (χ1n) is 8.51. The van der Waals surface area contributed by atoms with Crippen LogP contribution in [0.5, 0.6) is 0 Å². The summed E-state index contributed by atoms with van der Waals surface area (Å²) in [4.78, 5) is 6.75.